The van der Waals surface area contributed by atoms with E-state index in [1.54, 1.807) is 31.6 Å². The Bertz CT molecular complexity index is 1110. The summed E-state index contributed by atoms with van der Waals surface area (Å²) >= 11 is 0. The van der Waals surface area contributed by atoms with Gasteiger partial charge in [0, 0.05) is 40.3 Å². The molecule has 0 radical (unpaired) electrons. The first kappa shape index (κ1) is 22.7. The maximum absolute atomic E-state index is 12.8. The van der Waals surface area contributed by atoms with Gasteiger partial charge < -0.3 is 14.8 Å². The van der Waals surface area contributed by atoms with Gasteiger partial charge in [-0.1, -0.05) is 6.07 Å². The molecule has 1 aliphatic heterocycles. The van der Waals surface area contributed by atoms with Crippen molar-refractivity contribution in [1.82, 2.24) is 14.9 Å². The first-order chi connectivity index (χ1) is 16.0. The molecule has 1 saturated heterocycles. The molecule has 0 atom stereocenters. The lowest BCUT2D eigenvalue weighted by molar-refractivity contribution is 0.102. The van der Waals surface area contributed by atoms with E-state index >= 15 is 0 Å². The van der Waals surface area contributed by atoms with Crippen LogP contribution in [0.15, 0.2) is 48.8 Å². The lowest BCUT2D eigenvalue weighted by Crippen LogP contribution is -2.25. The van der Waals surface area contributed by atoms with Gasteiger partial charge >= 0.3 is 0 Å². The van der Waals surface area contributed by atoms with Gasteiger partial charge in [-0.15, -0.1) is 0 Å². The van der Waals surface area contributed by atoms with Crippen LogP contribution in [-0.2, 0) is 0 Å². The summed E-state index contributed by atoms with van der Waals surface area (Å²) in [5.41, 5.74) is 4.72. The minimum absolute atomic E-state index is 0.208. The number of rotatable bonds is 8. The van der Waals surface area contributed by atoms with Gasteiger partial charge in [0.2, 0.25) is 0 Å². The van der Waals surface area contributed by atoms with Crippen LogP contribution in [-0.4, -0.2) is 54.1 Å². The van der Waals surface area contributed by atoms with Crippen molar-refractivity contribution in [2.24, 2.45) is 0 Å². The van der Waals surface area contributed by atoms with Crippen LogP contribution in [0.2, 0.25) is 0 Å². The molecule has 7 nitrogen and oxygen atoms in total. The summed E-state index contributed by atoms with van der Waals surface area (Å²) in [5, 5.41) is 2.99. The van der Waals surface area contributed by atoms with Crippen LogP contribution >= 0.6 is 0 Å². The molecule has 0 aliphatic carbocycles. The summed E-state index contributed by atoms with van der Waals surface area (Å²) in [6.45, 7) is 7.69. The molecule has 0 unspecified atom stereocenters. The van der Waals surface area contributed by atoms with Crippen molar-refractivity contribution in [3.8, 4) is 22.6 Å². The zero-order valence-corrected chi connectivity index (χ0v) is 19.4. The second-order valence-electron chi connectivity index (χ2n) is 8.21. The van der Waals surface area contributed by atoms with E-state index in [0.717, 1.165) is 47.9 Å². The van der Waals surface area contributed by atoms with E-state index in [-0.39, 0.29) is 5.91 Å². The normalized spacial score (nSPS) is 13.7. The highest BCUT2D eigenvalue weighted by Crippen LogP contribution is 2.35. The van der Waals surface area contributed by atoms with Crippen molar-refractivity contribution in [1.29, 1.82) is 0 Å². The molecule has 3 aromatic rings. The number of hydrogen-bond acceptors (Lipinski definition) is 6. The number of likely N-dealkylation sites (tertiary alicyclic amines) is 1. The Morgan fingerprint density at radius 2 is 1.82 bits per heavy atom. The highest BCUT2D eigenvalue weighted by atomic mass is 16.5. The third kappa shape index (κ3) is 5.49. The number of ether oxygens (including phenoxy) is 2. The Morgan fingerprint density at radius 1 is 1.06 bits per heavy atom. The number of nitrogens with zero attached hydrogens (tertiary/aromatic N) is 3. The van der Waals surface area contributed by atoms with E-state index in [1.807, 2.05) is 38.1 Å². The number of anilines is 1. The van der Waals surface area contributed by atoms with E-state index in [2.05, 4.69) is 20.2 Å². The number of nitrogens with one attached hydrogen (secondary N) is 1. The number of carbonyl (C=O) groups is 1. The molecule has 1 aliphatic rings. The summed E-state index contributed by atoms with van der Waals surface area (Å²) in [7, 11) is 1.58. The van der Waals surface area contributed by atoms with Gasteiger partial charge in [-0.25, -0.2) is 9.97 Å². The molecule has 1 N–H and O–H groups in total. The van der Waals surface area contributed by atoms with Gasteiger partial charge in [0.1, 0.15) is 24.4 Å². The van der Waals surface area contributed by atoms with Gasteiger partial charge in [-0.3, -0.25) is 9.69 Å². The second-order valence-corrected chi connectivity index (χ2v) is 8.21. The minimum atomic E-state index is -0.208. The molecular formula is C26H30N4O3. The highest BCUT2D eigenvalue weighted by Gasteiger charge is 2.17. The molecule has 0 spiro atoms. The lowest BCUT2D eigenvalue weighted by atomic mass is 10.0. The molecular weight excluding hydrogens is 416 g/mol. The molecule has 1 fully saturated rings. The average Bonchev–Trinajstić information content (AvgIpc) is 3.34. The maximum atomic E-state index is 12.8. The number of benzene rings is 2. The topological polar surface area (TPSA) is 76.6 Å². The number of aromatic nitrogens is 2. The number of aryl methyl sites for hydroxylation is 2. The van der Waals surface area contributed by atoms with E-state index in [9.17, 15) is 4.79 Å². The third-order valence-electron chi connectivity index (χ3n) is 5.93. The van der Waals surface area contributed by atoms with E-state index in [0.29, 0.717) is 23.6 Å². The average molecular weight is 447 g/mol. The van der Waals surface area contributed by atoms with Crippen molar-refractivity contribution >= 4 is 11.6 Å². The van der Waals surface area contributed by atoms with Crippen LogP contribution in [0.1, 0.15) is 34.6 Å². The van der Waals surface area contributed by atoms with Gasteiger partial charge in [0.15, 0.2) is 0 Å². The Hall–Kier alpha value is -3.45. The van der Waals surface area contributed by atoms with E-state index in [1.165, 1.54) is 12.8 Å². The van der Waals surface area contributed by atoms with Crippen LogP contribution < -0.4 is 14.8 Å². The fraction of sp³-hybridized carbons (Fsp3) is 0.346. The fourth-order valence-electron chi connectivity index (χ4n) is 4.17. The predicted octanol–water partition coefficient (Wildman–Crippen LogP) is 4.50. The molecule has 0 bridgehead atoms. The molecule has 1 amide bonds. The Morgan fingerprint density at radius 3 is 2.55 bits per heavy atom. The summed E-state index contributed by atoms with van der Waals surface area (Å²) in [6.07, 6.45) is 4.08. The SMILES string of the molecule is COc1cccc(C(=O)Nc2ccc(OCCN3CCCC3)c(-c3c(C)ncnc3C)c2)c1. The van der Waals surface area contributed by atoms with Crippen molar-refractivity contribution in [2.75, 3.05) is 38.7 Å². The molecule has 4 rings (SSSR count). The smallest absolute Gasteiger partial charge is 0.255 e. The van der Waals surface area contributed by atoms with Crippen LogP contribution in [0, 0.1) is 13.8 Å². The molecule has 1 aromatic heterocycles. The van der Waals surface area contributed by atoms with Crippen molar-refractivity contribution < 1.29 is 14.3 Å². The zero-order chi connectivity index (χ0) is 23.2. The lowest BCUT2D eigenvalue weighted by Gasteiger charge is -2.18. The standard InChI is InChI=1S/C26H30N4O3/c1-18-25(19(2)28-17-27-18)23-16-21(29-26(31)20-7-6-8-22(15-20)32-3)9-10-24(23)33-14-13-30-11-4-5-12-30/h6-10,15-17H,4-5,11-14H2,1-3H3,(H,29,31). The van der Waals surface area contributed by atoms with Gasteiger partial charge in [0.05, 0.1) is 7.11 Å². The summed E-state index contributed by atoms with van der Waals surface area (Å²) < 4.78 is 11.4. The van der Waals surface area contributed by atoms with Gasteiger partial charge in [-0.2, -0.15) is 0 Å². The molecule has 33 heavy (non-hydrogen) atoms. The monoisotopic (exact) mass is 446 g/mol. The van der Waals surface area contributed by atoms with Crippen molar-refractivity contribution in [3.05, 3.63) is 65.7 Å². The molecule has 2 aromatic carbocycles. The first-order valence-corrected chi connectivity index (χ1v) is 11.3. The number of hydrogen-bond donors (Lipinski definition) is 1. The quantitative estimate of drug-likeness (QED) is 0.549. The maximum Gasteiger partial charge on any atom is 0.255 e. The number of carbonyl (C=O) groups excluding carboxylic acids is 1. The molecule has 2 heterocycles. The van der Waals surface area contributed by atoms with Crippen molar-refractivity contribution in [3.63, 3.8) is 0 Å². The minimum Gasteiger partial charge on any atom is -0.497 e. The van der Waals surface area contributed by atoms with Crippen LogP contribution in [0.5, 0.6) is 11.5 Å². The third-order valence-corrected chi connectivity index (χ3v) is 5.93. The largest absolute Gasteiger partial charge is 0.497 e. The van der Waals surface area contributed by atoms with E-state index < -0.39 is 0 Å². The fourth-order valence-corrected chi connectivity index (χ4v) is 4.17. The number of amides is 1. The second kappa shape index (κ2) is 10.4. The van der Waals surface area contributed by atoms with Crippen molar-refractivity contribution in [2.45, 2.75) is 26.7 Å². The molecule has 0 saturated carbocycles. The zero-order valence-electron chi connectivity index (χ0n) is 19.4. The molecule has 7 heteroatoms. The van der Waals surface area contributed by atoms with E-state index in [4.69, 9.17) is 9.47 Å². The Balaban J connectivity index is 1.60. The van der Waals surface area contributed by atoms with Crippen LogP contribution in [0.25, 0.3) is 11.1 Å². The summed E-state index contributed by atoms with van der Waals surface area (Å²) in [5.74, 6) is 1.19. The van der Waals surface area contributed by atoms with Gasteiger partial charge in [-0.05, 0) is 76.2 Å². The number of methoxy groups -OCH3 is 1. The van der Waals surface area contributed by atoms with Gasteiger partial charge in [0.25, 0.3) is 5.91 Å². The van der Waals surface area contributed by atoms with Crippen LogP contribution in [0.4, 0.5) is 5.69 Å². The molecule has 172 valence electrons. The summed E-state index contributed by atoms with van der Waals surface area (Å²) in [6, 6.07) is 12.8. The summed E-state index contributed by atoms with van der Waals surface area (Å²) in [4.78, 5) is 24.0. The Labute approximate surface area is 194 Å². The highest BCUT2D eigenvalue weighted by molar-refractivity contribution is 6.05. The first-order valence-electron chi connectivity index (χ1n) is 11.3. The van der Waals surface area contributed by atoms with Crippen LogP contribution in [0.3, 0.4) is 0 Å². The Kier molecular flexibility index (Phi) is 7.19. The predicted molar refractivity (Wildman–Crippen MR) is 129 cm³/mol.